The molecule has 0 bridgehead atoms. The number of para-hydroxylation sites is 2. The molecule has 1 saturated heterocycles. The zero-order valence-electron chi connectivity index (χ0n) is 19.6. The Kier molecular flexibility index (Phi) is 5.77. The molecule has 0 aliphatic carbocycles. The number of aliphatic hydroxyl groups is 2. The number of benzene rings is 3. The zero-order chi connectivity index (χ0) is 25.6. The third kappa shape index (κ3) is 3.71. The summed E-state index contributed by atoms with van der Waals surface area (Å²) in [6, 6.07) is 25.7. The van der Waals surface area contributed by atoms with E-state index in [1.54, 1.807) is 0 Å². The summed E-state index contributed by atoms with van der Waals surface area (Å²) in [6.07, 6.45) is -3.29. The van der Waals surface area contributed by atoms with Crippen LogP contribution in [0.1, 0.15) is 22.9 Å². The van der Waals surface area contributed by atoms with E-state index in [0.717, 1.165) is 10.1 Å². The number of nitrogens with one attached hydrogen (secondary N) is 1. The van der Waals surface area contributed by atoms with E-state index in [4.69, 9.17) is 14.2 Å². The van der Waals surface area contributed by atoms with Crippen LogP contribution in [0, 0.1) is 0 Å². The molecule has 4 aromatic rings. The van der Waals surface area contributed by atoms with Gasteiger partial charge in [-0.25, -0.2) is 4.79 Å². The number of aromatic amines is 1. The molecule has 0 saturated carbocycles. The van der Waals surface area contributed by atoms with Gasteiger partial charge in [0.25, 0.3) is 5.56 Å². The lowest BCUT2D eigenvalue weighted by atomic mass is 9.77. The van der Waals surface area contributed by atoms with E-state index in [9.17, 15) is 19.8 Å². The molecule has 0 radical (unpaired) electrons. The smallest absolute Gasteiger partial charge is 0.330 e. The number of rotatable bonds is 5. The predicted octanol–water partition coefficient (Wildman–Crippen LogP) is 2.27. The first-order valence-electron chi connectivity index (χ1n) is 11.9. The van der Waals surface area contributed by atoms with Crippen molar-refractivity contribution in [3.63, 3.8) is 0 Å². The molecule has 0 amide bonds. The van der Waals surface area contributed by atoms with Crippen LogP contribution >= 0.6 is 0 Å². The van der Waals surface area contributed by atoms with Crippen molar-refractivity contribution in [3.8, 4) is 11.5 Å². The first-order valence-corrected chi connectivity index (χ1v) is 11.9. The highest BCUT2D eigenvalue weighted by molar-refractivity contribution is 5.61. The summed E-state index contributed by atoms with van der Waals surface area (Å²) >= 11 is 0. The lowest BCUT2D eigenvalue weighted by Crippen LogP contribution is -2.46. The summed E-state index contributed by atoms with van der Waals surface area (Å²) in [5, 5.41) is 21.2. The Hall–Kier alpha value is -4.02. The van der Waals surface area contributed by atoms with Crippen LogP contribution in [0.4, 0.5) is 0 Å². The molecule has 4 atom stereocenters. The fourth-order valence-corrected chi connectivity index (χ4v) is 5.19. The molecule has 9 heteroatoms. The van der Waals surface area contributed by atoms with Gasteiger partial charge in [-0.1, -0.05) is 66.7 Å². The molecule has 2 aliphatic rings. The molecule has 6 rings (SSSR count). The van der Waals surface area contributed by atoms with Gasteiger partial charge in [0.05, 0.1) is 6.61 Å². The predicted molar refractivity (Wildman–Crippen MR) is 132 cm³/mol. The Labute approximate surface area is 211 Å². The quantitative estimate of drug-likeness (QED) is 0.384. The minimum Gasteiger partial charge on any atom is -0.457 e. The van der Waals surface area contributed by atoms with Crippen molar-refractivity contribution in [1.29, 1.82) is 0 Å². The van der Waals surface area contributed by atoms with Gasteiger partial charge < -0.3 is 24.4 Å². The maximum absolute atomic E-state index is 12.7. The standard InChI is InChI=1S/C28H24N2O7/c31-16-22-24(33)25(26(36-22)30-15-14-23(32)29-27(30)34)37-28(17-8-2-1-3-9-17)18-10-4-6-12-20(18)35-21-13-7-5-11-19(21)28/h1-15,22,24-26,31,33H,16H2,(H,29,32,34)/t22-,24-,25-,26-/m1/s1. The van der Waals surface area contributed by atoms with Crippen LogP contribution in [0.2, 0.25) is 0 Å². The van der Waals surface area contributed by atoms with E-state index in [-0.39, 0.29) is 0 Å². The van der Waals surface area contributed by atoms with Gasteiger partial charge in [-0.15, -0.1) is 0 Å². The summed E-state index contributed by atoms with van der Waals surface area (Å²) in [4.78, 5) is 26.6. The van der Waals surface area contributed by atoms with Crippen molar-refractivity contribution in [1.82, 2.24) is 9.55 Å². The zero-order valence-corrected chi connectivity index (χ0v) is 19.6. The van der Waals surface area contributed by atoms with Gasteiger partial charge in [-0.2, -0.15) is 0 Å². The van der Waals surface area contributed by atoms with Crippen LogP contribution in [0.5, 0.6) is 11.5 Å². The van der Waals surface area contributed by atoms with Gasteiger partial charge in [0, 0.05) is 23.4 Å². The van der Waals surface area contributed by atoms with Gasteiger partial charge in [0.2, 0.25) is 0 Å². The first kappa shape index (κ1) is 23.4. The second-order valence-electron chi connectivity index (χ2n) is 8.98. The molecule has 0 spiro atoms. The van der Waals surface area contributed by atoms with Crippen LogP contribution < -0.4 is 16.0 Å². The molecule has 9 nitrogen and oxygen atoms in total. The number of aromatic nitrogens is 2. The molecule has 3 aromatic carbocycles. The van der Waals surface area contributed by atoms with E-state index in [2.05, 4.69) is 4.98 Å². The SMILES string of the molecule is O=c1ccn([C@@H]2O[C@H](CO)[C@@H](O)[C@H]2OC2(c3ccccc3)c3ccccc3Oc3ccccc32)c(=O)[nH]1. The van der Waals surface area contributed by atoms with Gasteiger partial charge in [-0.05, 0) is 17.7 Å². The molecule has 37 heavy (non-hydrogen) atoms. The van der Waals surface area contributed by atoms with Crippen molar-refractivity contribution >= 4 is 0 Å². The number of H-pyrrole nitrogens is 1. The Morgan fingerprint density at radius 1 is 0.892 bits per heavy atom. The minimum absolute atomic E-state index is 0.496. The highest BCUT2D eigenvalue weighted by Gasteiger charge is 2.53. The maximum Gasteiger partial charge on any atom is 0.330 e. The van der Waals surface area contributed by atoms with E-state index in [1.165, 1.54) is 12.3 Å². The third-order valence-corrected chi connectivity index (χ3v) is 6.86. The summed E-state index contributed by atoms with van der Waals surface area (Å²) < 4.78 is 20.3. The molecule has 188 valence electrons. The Bertz CT molecular complexity index is 1500. The molecule has 1 aromatic heterocycles. The molecule has 3 heterocycles. The largest absolute Gasteiger partial charge is 0.457 e. The van der Waals surface area contributed by atoms with Gasteiger partial charge in [0.15, 0.2) is 11.8 Å². The number of ether oxygens (including phenoxy) is 3. The number of fused-ring (bicyclic) bond motifs is 2. The van der Waals surface area contributed by atoms with Crippen LogP contribution in [-0.4, -0.2) is 44.7 Å². The molecule has 1 fully saturated rings. The van der Waals surface area contributed by atoms with Gasteiger partial charge in [-0.3, -0.25) is 14.3 Å². The lowest BCUT2D eigenvalue weighted by Gasteiger charge is -2.43. The Balaban J connectivity index is 1.59. The van der Waals surface area contributed by atoms with Crippen LogP contribution in [0.25, 0.3) is 0 Å². The maximum atomic E-state index is 12.7. The molecule has 0 unspecified atom stereocenters. The summed E-state index contributed by atoms with van der Waals surface area (Å²) in [7, 11) is 0. The summed E-state index contributed by atoms with van der Waals surface area (Å²) in [5.74, 6) is 1.16. The van der Waals surface area contributed by atoms with E-state index < -0.39 is 48.0 Å². The van der Waals surface area contributed by atoms with E-state index in [0.29, 0.717) is 22.6 Å². The minimum atomic E-state index is -1.29. The highest BCUT2D eigenvalue weighted by Crippen LogP contribution is 2.54. The number of nitrogens with zero attached hydrogens (tertiary/aromatic N) is 1. The number of hydrogen-bond donors (Lipinski definition) is 3. The van der Waals surface area contributed by atoms with Crippen molar-refractivity contribution < 1.29 is 24.4 Å². The molecule has 2 aliphatic heterocycles. The second-order valence-corrected chi connectivity index (χ2v) is 8.98. The van der Waals surface area contributed by atoms with Gasteiger partial charge >= 0.3 is 5.69 Å². The van der Waals surface area contributed by atoms with Crippen LogP contribution in [-0.2, 0) is 15.1 Å². The molecular weight excluding hydrogens is 476 g/mol. The average molecular weight is 501 g/mol. The summed E-state index contributed by atoms with van der Waals surface area (Å²) in [5.41, 5.74) is -0.386. The molecule has 3 N–H and O–H groups in total. The third-order valence-electron chi connectivity index (χ3n) is 6.86. The normalized spacial score (nSPS) is 23.6. The van der Waals surface area contributed by atoms with Crippen molar-refractivity contribution in [2.45, 2.75) is 30.1 Å². The fraction of sp³-hybridized carbons (Fsp3) is 0.214. The Morgan fingerprint density at radius 3 is 2.14 bits per heavy atom. The fourth-order valence-electron chi connectivity index (χ4n) is 5.19. The van der Waals surface area contributed by atoms with E-state index in [1.807, 2.05) is 78.9 Å². The van der Waals surface area contributed by atoms with Crippen molar-refractivity contribution in [2.75, 3.05) is 6.61 Å². The Morgan fingerprint density at radius 2 is 1.51 bits per heavy atom. The second kappa shape index (κ2) is 9.13. The van der Waals surface area contributed by atoms with Gasteiger partial charge in [0.1, 0.15) is 29.8 Å². The first-order chi connectivity index (χ1) is 18.0. The van der Waals surface area contributed by atoms with Crippen molar-refractivity contribution in [3.05, 3.63) is 129 Å². The highest BCUT2D eigenvalue weighted by atomic mass is 16.6. The summed E-state index contributed by atoms with van der Waals surface area (Å²) in [6.45, 7) is -0.496. The monoisotopic (exact) mass is 500 g/mol. The number of hydrogen-bond acceptors (Lipinski definition) is 7. The average Bonchev–Trinajstić information content (AvgIpc) is 3.23. The van der Waals surface area contributed by atoms with Crippen LogP contribution in [0.15, 0.2) is 101 Å². The topological polar surface area (TPSA) is 123 Å². The van der Waals surface area contributed by atoms with E-state index >= 15 is 0 Å². The van der Waals surface area contributed by atoms with Crippen molar-refractivity contribution in [2.24, 2.45) is 0 Å². The number of aliphatic hydroxyl groups excluding tert-OH is 2. The van der Waals surface area contributed by atoms with Crippen LogP contribution in [0.3, 0.4) is 0 Å². The molecular formula is C28H24N2O7. The lowest BCUT2D eigenvalue weighted by molar-refractivity contribution is -0.126.